The minimum absolute atomic E-state index is 0.629. The molecule has 2 heteroatoms. The molecule has 1 heterocycles. The van der Waals surface area contributed by atoms with Gasteiger partial charge in [0.15, 0.2) is 0 Å². The molecule has 0 aliphatic carbocycles. The Bertz CT molecular complexity index is 318. The lowest BCUT2D eigenvalue weighted by molar-refractivity contribution is 0.398. The largest absolute Gasteiger partial charge is 0.481 e. The second kappa shape index (κ2) is 6.04. The number of ether oxygens (including phenoxy) is 1. The molecule has 0 unspecified atom stereocenters. The van der Waals surface area contributed by atoms with Crippen molar-refractivity contribution in [3.05, 3.63) is 23.9 Å². The van der Waals surface area contributed by atoms with Gasteiger partial charge in [0, 0.05) is 24.2 Å². The fraction of sp³-hybridized carbons (Fsp3) is 0.417. The van der Waals surface area contributed by atoms with E-state index in [-0.39, 0.29) is 0 Å². The number of methoxy groups -OCH3 is 1. The molecule has 0 fully saturated rings. The van der Waals surface area contributed by atoms with E-state index in [9.17, 15) is 0 Å². The quantitative estimate of drug-likeness (QED) is 0.538. The summed E-state index contributed by atoms with van der Waals surface area (Å²) in [6.45, 7) is 2.16. The molecule has 1 rings (SSSR count). The zero-order valence-corrected chi connectivity index (χ0v) is 8.71. The molecule has 2 nitrogen and oxygen atoms in total. The van der Waals surface area contributed by atoms with Gasteiger partial charge in [0.05, 0.1) is 7.11 Å². The number of hydrogen-bond acceptors (Lipinski definition) is 2. The lowest BCUT2D eigenvalue weighted by Gasteiger charge is -1.96. The van der Waals surface area contributed by atoms with Gasteiger partial charge in [0.2, 0.25) is 5.88 Å². The first kappa shape index (κ1) is 10.6. The molecule has 0 aliphatic rings. The molecule has 0 bridgehead atoms. The predicted octanol–water partition coefficient (Wildman–Crippen LogP) is 2.63. The number of unbranched alkanes of at least 4 members (excludes halogenated alkanes) is 2. The zero-order valence-electron chi connectivity index (χ0n) is 8.71. The van der Waals surface area contributed by atoms with Gasteiger partial charge in [-0.15, -0.1) is 0 Å². The van der Waals surface area contributed by atoms with Crippen LogP contribution in [-0.2, 0) is 0 Å². The maximum absolute atomic E-state index is 4.95. The fourth-order valence-corrected chi connectivity index (χ4v) is 1.00. The first-order chi connectivity index (χ1) is 6.86. The Labute approximate surface area is 85.3 Å². The van der Waals surface area contributed by atoms with Crippen LogP contribution in [0.5, 0.6) is 5.88 Å². The summed E-state index contributed by atoms with van der Waals surface area (Å²) in [6.07, 6.45) is 5.05. The Hall–Kier alpha value is -1.49. The van der Waals surface area contributed by atoms with E-state index in [4.69, 9.17) is 4.74 Å². The van der Waals surface area contributed by atoms with Crippen molar-refractivity contribution >= 4 is 0 Å². The van der Waals surface area contributed by atoms with Crippen molar-refractivity contribution in [2.45, 2.75) is 26.2 Å². The van der Waals surface area contributed by atoms with Crippen molar-refractivity contribution in [2.24, 2.45) is 0 Å². The molecule has 0 atom stereocenters. The van der Waals surface area contributed by atoms with E-state index in [1.54, 1.807) is 13.3 Å². The van der Waals surface area contributed by atoms with Crippen LogP contribution in [0.4, 0.5) is 0 Å². The number of hydrogen-bond donors (Lipinski definition) is 0. The highest BCUT2D eigenvalue weighted by Gasteiger charge is 1.90. The standard InChI is InChI=1S/C12H15NO/c1-3-4-5-6-7-11-8-9-12(14-2)13-10-11/h8-10H,3-5H2,1-2H3. The monoisotopic (exact) mass is 189 g/mol. The topological polar surface area (TPSA) is 22.1 Å². The number of pyridine rings is 1. The normalized spacial score (nSPS) is 9.00. The molecule has 0 saturated carbocycles. The minimum Gasteiger partial charge on any atom is -0.481 e. The lowest BCUT2D eigenvalue weighted by Crippen LogP contribution is -1.86. The second-order valence-electron chi connectivity index (χ2n) is 2.99. The van der Waals surface area contributed by atoms with Crippen LogP contribution < -0.4 is 4.74 Å². The van der Waals surface area contributed by atoms with Crippen LogP contribution in [0.3, 0.4) is 0 Å². The van der Waals surface area contributed by atoms with E-state index in [1.165, 1.54) is 6.42 Å². The molecular formula is C12H15NO. The summed E-state index contributed by atoms with van der Waals surface area (Å²) in [5, 5.41) is 0. The summed E-state index contributed by atoms with van der Waals surface area (Å²) < 4.78 is 4.95. The lowest BCUT2D eigenvalue weighted by atomic mass is 10.2. The van der Waals surface area contributed by atoms with E-state index in [0.29, 0.717) is 5.88 Å². The summed E-state index contributed by atoms with van der Waals surface area (Å²) in [4.78, 5) is 4.07. The van der Waals surface area contributed by atoms with E-state index < -0.39 is 0 Å². The Kier molecular flexibility index (Phi) is 4.57. The van der Waals surface area contributed by atoms with Crippen LogP contribution in [0.15, 0.2) is 18.3 Å². The molecule has 0 aromatic carbocycles. The summed E-state index contributed by atoms with van der Waals surface area (Å²) in [5.41, 5.74) is 0.946. The number of nitrogens with zero attached hydrogens (tertiary/aromatic N) is 1. The van der Waals surface area contributed by atoms with Gasteiger partial charge in [-0.2, -0.15) is 0 Å². The third kappa shape index (κ3) is 3.49. The Morgan fingerprint density at radius 1 is 1.43 bits per heavy atom. The first-order valence-corrected chi connectivity index (χ1v) is 4.85. The van der Waals surface area contributed by atoms with Crippen molar-refractivity contribution in [1.29, 1.82) is 0 Å². The average Bonchev–Trinajstić information content (AvgIpc) is 2.25. The molecule has 1 aromatic heterocycles. The SMILES string of the molecule is CCCCC#Cc1ccc(OC)nc1. The van der Waals surface area contributed by atoms with Gasteiger partial charge < -0.3 is 4.74 Å². The van der Waals surface area contributed by atoms with Crippen LogP contribution in [0.25, 0.3) is 0 Å². The molecule has 74 valence electrons. The van der Waals surface area contributed by atoms with Gasteiger partial charge in [0.25, 0.3) is 0 Å². The predicted molar refractivity (Wildman–Crippen MR) is 57.2 cm³/mol. The van der Waals surface area contributed by atoms with Crippen molar-refractivity contribution in [3.8, 4) is 17.7 Å². The van der Waals surface area contributed by atoms with Crippen molar-refractivity contribution < 1.29 is 4.74 Å². The summed E-state index contributed by atoms with van der Waals surface area (Å²) >= 11 is 0. The number of aromatic nitrogens is 1. The van der Waals surface area contributed by atoms with Crippen LogP contribution >= 0.6 is 0 Å². The minimum atomic E-state index is 0.629. The molecule has 0 saturated heterocycles. The van der Waals surface area contributed by atoms with Gasteiger partial charge in [0.1, 0.15) is 0 Å². The van der Waals surface area contributed by atoms with Crippen LogP contribution in [0.2, 0.25) is 0 Å². The highest BCUT2D eigenvalue weighted by Crippen LogP contribution is 2.05. The molecule has 0 spiro atoms. The van der Waals surface area contributed by atoms with Gasteiger partial charge in [-0.1, -0.05) is 25.2 Å². The van der Waals surface area contributed by atoms with Gasteiger partial charge >= 0.3 is 0 Å². The molecule has 0 N–H and O–H groups in total. The molecule has 0 aliphatic heterocycles. The smallest absolute Gasteiger partial charge is 0.212 e. The Morgan fingerprint density at radius 3 is 2.86 bits per heavy atom. The number of rotatable bonds is 3. The van der Waals surface area contributed by atoms with E-state index in [1.807, 2.05) is 12.1 Å². The molecule has 0 radical (unpaired) electrons. The molecule has 1 aromatic rings. The van der Waals surface area contributed by atoms with E-state index in [0.717, 1.165) is 18.4 Å². The molecule has 0 amide bonds. The maximum atomic E-state index is 4.95. The van der Waals surface area contributed by atoms with Crippen LogP contribution in [-0.4, -0.2) is 12.1 Å². The highest BCUT2D eigenvalue weighted by molar-refractivity contribution is 5.33. The van der Waals surface area contributed by atoms with Gasteiger partial charge in [-0.3, -0.25) is 0 Å². The third-order valence-electron chi connectivity index (χ3n) is 1.83. The third-order valence-corrected chi connectivity index (χ3v) is 1.83. The maximum Gasteiger partial charge on any atom is 0.212 e. The second-order valence-corrected chi connectivity index (χ2v) is 2.99. The molecule has 14 heavy (non-hydrogen) atoms. The van der Waals surface area contributed by atoms with Gasteiger partial charge in [-0.05, 0) is 12.5 Å². The summed E-state index contributed by atoms with van der Waals surface area (Å²) in [6, 6.07) is 3.74. The summed E-state index contributed by atoms with van der Waals surface area (Å²) in [7, 11) is 1.61. The first-order valence-electron chi connectivity index (χ1n) is 4.85. The van der Waals surface area contributed by atoms with E-state index >= 15 is 0 Å². The van der Waals surface area contributed by atoms with Gasteiger partial charge in [-0.25, -0.2) is 4.98 Å². The van der Waals surface area contributed by atoms with Crippen LogP contribution in [0.1, 0.15) is 31.7 Å². The van der Waals surface area contributed by atoms with Crippen molar-refractivity contribution in [2.75, 3.05) is 7.11 Å². The summed E-state index contributed by atoms with van der Waals surface area (Å²) in [5.74, 6) is 6.80. The van der Waals surface area contributed by atoms with E-state index in [2.05, 4.69) is 23.7 Å². The van der Waals surface area contributed by atoms with Crippen LogP contribution in [0, 0.1) is 11.8 Å². The van der Waals surface area contributed by atoms with Crippen molar-refractivity contribution in [3.63, 3.8) is 0 Å². The fourth-order valence-electron chi connectivity index (χ4n) is 1.00. The zero-order chi connectivity index (χ0) is 10.2. The highest BCUT2D eigenvalue weighted by atomic mass is 16.5. The molecular weight excluding hydrogens is 174 g/mol. The average molecular weight is 189 g/mol. The Morgan fingerprint density at radius 2 is 2.29 bits per heavy atom. The Balaban J connectivity index is 2.53. The van der Waals surface area contributed by atoms with Crippen molar-refractivity contribution in [1.82, 2.24) is 4.98 Å².